The minimum atomic E-state index is -1.02. The number of amides is 1. The molecule has 3 heteroatoms. The summed E-state index contributed by atoms with van der Waals surface area (Å²) in [5.74, 6) is -0.138. The van der Waals surface area contributed by atoms with Crippen LogP contribution in [0, 0.1) is 0 Å². The lowest BCUT2D eigenvalue weighted by Crippen LogP contribution is -2.52. The molecule has 0 radical (unpaired) electrons. The first-order valence-electron chi connectivity index (χ1n) is 7.73. The lowest BCUT2D eigenvalue weighted by Gasteiger charge is -2.27. The molecule has 22 heavy (non-hydrogen) atoms. The maximum absolute atomic E-state index is 12.6. The molecule has 2 rings (SSSR count). The average molecular weight is 296 g/mol. The molecular formula is C19H24N2O. The van der Waals surface area contributed by atoms with Crippen molar-refractivity contribution in [3.8, 4) is 0 Å². The van der Waals surface area contributed by atoms with Crippen LogP contribution >= 0.6 is 0 Å². The molecule has 0 saturated carbocycles. The van der Waals surface area contributed by atoms with Gasteiger partial charge in [-0.1, -0.05) is 67.6 Å². The fourth-order valence-corrected chi connectivity index (χ4v) is 2.45. The summed E-state index contributed by atoms with van der Waals surface area (Å²) in [6.07, 6.45) is 1.68. The highest BCUT2D eigenvalue weighted by molar-refractivity contribution is 5.87. The molecule has 0 saturated heterocycles. The van der Waals surface area contributed by atoms with Crippen LogP contribution in [0.4, 0.5) is 0 Å². The smallest absolute Gasteiger partial charge is 0.244 e. The Hall–Kier alpha value is -2.13. The van der Waals surface area contributed by atoms with Gasteiger partial charge in [0.2, 0.25) is 5.91 Å². The predicted molar refractivity (Wildman–Crippen MR) is 90.3 cm³/mol. The molecule has 0 aliphatic heterocycles. The number of nitrogens with one attached hydrogen (secondary N) is 1. The first kappa shape index (κ1) is 16.2. The summed E-state index contributed by atoms with van der Waals surface area (Å²) in [5.41, 5.74) is 7.28. The van der Waals surface area contributed by atoms with Crippen LogP contribution in [0.3, 0.4) is 0 Å². The highest BCUT2D eigenvalue weighted by atomic mass is 16.2. The van der Waals surface area contributed by atoms with Crippen LogP contribution in [0.5, 0.6) is 0 Å². The lowest BCUT2D eigenvalue weighted by molar-refractivity contribution is -0.126. The summed E-state index contributed by atoms with van der Waals surface area (Å²) in [5, 5.41) is 3.09. The summed E-state index contributed by atoms with van der Waals surface area (Å²) in [7, 11) is 0. The van der Waals surface area contributed by atoms with Crippen LogP contribution in [0.1, 0.15) is 31.4 Å². The van der Waals surface area contributed by atoms with Gasteiger partial charge >= 0.3 is 0 Å². The van der Waals surface area contributed by atoms with Crippen LogP contribution in [0.25, 0.3) is 0 Å². The van der Waals surface area contributed by atoms with E-state index in [0.717, 1.165) is 18.4 Å². The maximum Gasteiger partial charge on any atom is 0.244 e. The third-order valence-corrected chi connectivity index (χ3v) is 4.00. The van der Waals surface area contributed by atoms with Crippen molar-refractivity contribution in [2.75, 3.05) is 0 Å². The Morgan fingerprint density at radius 1 is 1.09 bits per heavy atom. The van der Waals surface area contributed by atoms with E-state index < -0.39 is 5.54 Å². The fraction of sp³-hybridized carbons (Fsp3) is 0.316. The summed E-state index contributed by atoms with van der Waals surface area (Å²) in [4.78, 5) is 12.6. The Bertz CT molecular complexity index is 593. The third kappa shape index (κ3) is 3.95. The second-order valence-corrected chi connectivity index (χ2v) is 5.84. The summed E-state index contributed by atoms with van der Waals surface area (Å²) in [6, 6.07) is 19.8. The summed E-state index contributed by atoms with van der Waals surface area (Å²) >= 11 is 0. The van der Waals surface area contributed by atoms with E-state index in [2.05, 4.69) is 24.4 Å². The van der Waals surface area contributed by atoms with E-state index in [4.69, 9.17) is 5.73 Å². The highest BCUT2D eigenvalue weighted by Gasteiger charge is 2.31. The number of benzene rings is 2. The Balaban J connectivity index is 2.06. The standard InChI is InChI=1S/C19H24N2O/c1-3-17(14-15-10-6-4-7-11-15)21-18(22)19(2,20)16-12-8-5-9-13-16/h4-13,17H,3,14,20H2,1-2H3,(H,21,22). The lowest BCUT2D eigenvalue weighted by atomic mass is 9.91. The van der Waals surface area contributed by atoms with Crippen LogP contribution in [0.2, 0.25) is 0 Å². The van der Waals surface area contributed by atoms with Gasteiger partial charge in [0.15, 0.2) is 0 Å². The molecular weight excluding hydrogens is 272 g/mol. The van der Waals surface area contributed by atoms with Gasteiger partial charge in [0.25, 0.3) is 0 Å². The van der Waals surface area contributed by atoms with Gasteiger partial charge in [-0.2, -0.15) is 0 Å². The van der Waals surface area contributed by atoms with Gasteiger partial charge in [-0.3, -0.25) is 4.79 Å². The van der Waals surface area contributed by atoms with Gasteiger partial charge in [-0.05, 0) is 30.9 Å². The van der Waals surface area contributed by atoms with Gasteiger partial charge in [0.05, 0.1) is 0 Å². The topological polar surface area (TPSA) is 55.1 Å². The Kier molecular flexibility index (Phi) is 5.34. The van der Waals surface area contributed by atoms with E-state index in [-0.39, 0.29) is 11.9 Å². The van der Waals surface area contributed by atoms with Crippen molar-refractivity contribution in [1.82, 2.24) is 5.32 Å². The van der Waals surface area contributed by atoms with Crippen molar-refractivity contribution in [2.45, 2.75) is 38.3 Å². The molecule has 0 heterocycles. The molecule has 1 amide bonds. The minimum absolute atomic E-state index is 0.0847. The third-order valence-electron chi connectivity index (χ3n) is 4.00. The Morgan fingerprint density at radius 3 is 2.18 bits per heavy atom. The molecule has 0 aliphatic rings. The monoisotopic (exact) mass is 296 g/mol. The van der Waals surface area contributed by atoms with E-state index in [9.17, 15) is 4.79 Å². The van der Waals surface area contributed by atoms with Crippen molar-refractivity contribution in [2.24, 2.45) is 5.73 Å². The quantitative estimate of drug-likeness (QED) is 0.861. The van der Waals surface area contributed by atoms with Crippen LogP contribution in [0.15, 0.2) is 60.7 Å². The number of rotatable bonds is 6. The van der Waals surface area contributed by atoms with Crippen LogP contribution < -0.4 is 11.1 Å². The minimum Gasteiger partial charge on any atom is -0.351 e. The van der Waals surface area contributed by atoms with Gasteiger partial charge in [0.1, 0.15) is 5.54 Å². The number of hydrogen-bond acceptors (Lipinski definition) is 2. The second kappa shape index (κ2) is 7.23. The molecule has 3 nitrogen and oxygen atoms in total. The first-order valence-corrected chi connectivity index (χ1v) is 7.73. The van der Waals surface area contributed by atoms with Gasteiger partial charge < -0.3 is 11.1 Å². The van der Waals surface area contributed by atoms with E-state index in [1.807, 2.05) is 48.5 Å². The van der Waals surface area contributed by atoms with Crippen LogP contribution in [-0.4, -0.2) is 11.9 Å². The molecule has 3 N–H and O–H groups in total. The molecule has 2 aromatic carbocycles. The maximum atomic E-state index is 12.6. The highest BCUT2D eigenvalue weighted by Crippen LogP contribution is 2.18. The van der Waals surface area contributed by atoms with Crippen molar-refractivity contribution < 1.29 is 4.79 Å². The van der Waals surface area contributed by atoms with Crippen molar-refractivity contribution in [3.63, 3.8) is 0 Å². The van der Waals surface area contributed by atoms with Gasteiger partial charge in [-0.15, -0.1) is 0 Å². The van der Waals surface area contributed by atoms with Gasteiger partial charge in [-0.25, -0.2) is 0 Å². The van der Waals surface area contributed by atoms with E-state index >= 15 is 0 Å². The van der Waals surface area contributed by atoms with Crippen molar-refractivity contribution in [3.05, 3.63) is 71.8 Å². The molecule has 0 aromatic heterocycles. The normalized spacial score (nSPS) is 14.9. The summed E-state index contributed by atoms with van der Waals surface area (Å²) < 4.78 is 0. The zero-order valence-electron chi connectivity index (χ0n) is 13.3. The van der Waals surface area contributed by atoms with Crippen LogP contribution in [-0.2, 0) is 16.8 Å². The molecule has 0 aliphatic carbocycles. The van der Waals surface area contributed by atoms with E-state index in [0.29, 0.717) is 0 Å². The zero-order valence-corrected chi connectivity index (χ0v) is 13.3. The molecule has 116 valence electrons. The van der Waals surface area contributed by atoms with E-state index in [1.165, 1.54) is 5.56 Å². The Labute approximate surface area is 132 Å². The second-order valence-electron chi connectivity index (χ2n) is 5.84. The fourth-order valence-electron chi connectivity index (χ4n) is 2.45. The van der Waals surface area contributed by atoms with Crippen molar-refractivity contribution in [1.29, 1.82) is 0 Å². The molecule has 0 bridgehead atoms. The first-order chi connectivity index (χ1) is 10.5. The largest absolute Gasteiger partial charge is 0.351 e. The molecule has 2 aromatic rings. The zero-order chi connectivity index (χ0) is 16.0. The number of carbonyl (C=O) groups is 1. The molecule has 2 atom stereocenters. The molecule has 0 spiro atoms. The van der Waals surface area contributed by atoms with E-state index in [1.54, 1.807) is 6.92 Å². The Morgan fingerprint density at radius 2 is 1.64 bits per heavy atom. The SMILES string of the molecule is CCC(Cc1ccccc1)NC(=O)C(C)(N)c1ccccc1. The van der Waals surface area contributed by atoms with Crippen molar-refractivity contribution >= 4 is 5.91 Å². The number of nitrogens with two attached hydrogens (primary N) is 1. The average Bonchev–Trinajstić information content (AvgIpc) is 2.55. The number of hydrogen-bond donors (Lipinski definition) is 2. The molecule has 2 unspecified atom stereocenters. The summed E-state index contributed by atoms with van der Waals surface area (Å²) in [6.45, 7) is 3.83. The number of carbonyl (C=O) groups excluding carboxylic acids is 1. The van der Waals surface area contributed by atoms with Gasteiger partial charge in [0, 0.05) is 6.04 Å². The predicted octanol–water partition coefficient (Wildman–Crippen LogP) is 3.00. The molecule has 0 fully saturated rings.